The van der Waals surface area contributed by atoms with Crippen molar-refractivity contribution in [3.63, 3.8) is 0 Å². The van der Waals surface area contributed by atoms with Crippen LogP contribution in [0.4, 0.5) is 0 Å². The molecule has 0 aromatic carbocycles. The lowest BCUT2D eigenvalue weighted by molar-refractivity contribution is 0.290. The van der Waals surface area contributed by atoms with Crippen molar-refractivity contribution in [3.05, 3.63) is 16.1 Å². The predicted octanol–water partition coefficient (Wildman–Crippen LogP) is 0.965. The summed E-state index contributed by atoms with van der Waals surface area (Å²) in [6.07, 6.45) is 3.02. The van der Waals surface area contributed by atoms with Gasteiger partial charge in [-0.1, -0.05) is 0 Å². The van der Waals surface area contributed by atoms with Crippen molar-refractivity contribution in [2.75, 3.05) is 19.3 Å². The number of rotatable bonds is 4. The Morgan fingerprint density at radius 2 is 2.17 bits per heavy atom. The van der Waals surface area contributed by atoms with E-state index in [1.165, 1.54) is 6.26 Å². The highest BCUT2D eigenvalue weighted by molar-refractivity contribution is 7.88. The van der Waals surface area contributed by atoms with Gasteiger partial charge in [0.1, 0.15) is 5.01 Å². The molecule has 0 radical (unpaired) electrons. The number of thiazole rings is 1. The van der Waals surface area contributed by atoms with E-state index in [0.717, 1.165) is 30.1 Å². The van der Waals surface area contributed by atoms with Gasteiger partial charge in [0.15, 0.2) is 0 Å². The van der Waals surface area contributed by atoms with Gasteiger partial charge in [0.25, 0.3) is 0 Å². The van der Waals surface area contributed by atoms with Gasteiger partial charge in [-0.25, -0.2) is 17.7 Å². The zero-order valence-corrected chi connectivity index (χ0v) is 12.4. The van der Waals surface area contributed by atoms with Crippen molar-refractivity contribution in [1.29, 1.82) is 0 Å². The summed E-state index contributed by atoms with van der Waals surface area (Å²) < 4.78 is 24.3. The Balaban J connectivity index is 1.77. The molecule has 2 rings (SSSR count). The van der Waals surface area contributed by atoms with Crippen molar-refractivity contribution in [1.82, 2.24) is 14.6 Å². The number of hydrogen-bond acceptors (Lipinski definition) is 5. The fraction of sp³-hybridized carbons (Fsp3) is 0.727. The fourth-order valence-electron chi connectivity index (χ4n) is 2.11. The third kappa shape index (κ3) is 3.74. The Kier molecular flexibility index (Phi) is 4.37. The maximum absolute atomic E-state index is 11.4. The van der Waals surface area contributed by atoms with Crippen molar-refractivity contribution in [3.8, 4) is 0 Å². The first-order valence-electron chi connectivity index (χ1n) is 6.04. The van der Waals surface area contributed by atoms with Gasteiger partial charge in [0.05, 0.1) is 6.26 Å². The number of aryl methyl sites for hydroxylation is 1. The minimum absolute atomic E-state index is 0.396. The van der Waals surface area contributed by atoms with Gasteiger partial charge in [-0.05, 0) is 19.8 Å². The lowest BCUT2D eigenvalue weighted by Crippen LogP contribution is -2.44. The smallest absolute Gasteiger partial charge is 0.211 e. The van der Waals surface area contributed by atoms with Gasteiger partial charge in [0.2, 0.25) is 10.0 Å². The fourth-order valence-corrected chi connectivity index (χ4v) is 3.70. The molecule has 0 bridgehead atoms. The first kappa shape index (κ1) is 13.9. The highest BCUT2D eigenvalue weighted by Gasteiger charge is 2.24. The molecule has 1 aliphatic rings. The summed E-state index contributed by atoms with van der Waals surface area (Å²) in [5.74, 6) is 0. The summed E-state index contributed by atoms with van der Waals surface area (Å²) in [6, 6.07) is 0.396. The first-order chi connectivity index (χ1) is 8.45. The maximum Gasteiger partial charge on any atom is 0.211 e. The van der Waals surface area contributed by atoms with E-state index in [1.54, 1.807) is 15.6 Å². The Morgan fingerprint density at radius 1 is 1.50 bits per heavy atom. The lowest BCUT2D eigenvalue weighted by atomic mass is 10.1. The van der Waals surface area contributed by atoms with E-state index in [1.807, 2.05) is 12.3 Å². The van der Waals surface area contributed by atoms with Gasteiger partial charge in [-0.2, -0.15) is 0 Å². The highest BCUT2D eigenvalue weighted by Crippen LogP contribution is 2.14. The second-order valence-corrected chi connectivity index (χ2v) is 7.62. The zero-order chi connectivity index (χ0) is 13.2. The average molecular weight is 289 g/mol. The van der Waals surface area contributed by atoms with Crippen molar-refractivity contribution in [2.45, 2.75) is 32.4 Å². The number of piperidine rings is 1. The van der Waals surface area contributed by atoms with Crippen molar-refractivity contribution >= 4 is 21.4 Å². The Labute approximate surface area is 112 Å². The first-order valence-corrected chi connectivity index (χ1v) is 8.77. The molecular formula is C11H19N3O2S2. The van der Waals surface area contributed by atoms with Crippen molar-refractivity contribution in [2.24, 2.45) is 0 Å². The van der Waals surface area contributed by atoms with E-state index in [0.29, 0.717) is 19.1 Å². The Bertz CT molecular complexity index is 490. The molecule has 0 saturated carbocycles. The van der Waals surface area contributed by atoms with Crippen LogP contribution in [0.25, 0.3) is 0 Å². The van der Waals surface area contributed by atoms with Gasteiger partial charge >= 0.3 is 0 Å². The largest absolute Gasteiger partial charge is 0.308 e. The lowest BCUT2D eigenvalue weighted by Gasteiger charge is -2.30. The number of nitrogens with one attached hydrogen (secondary N) is 1. The molecule has 0 atom stereocenters. The molecule has 2 heterocycles. The van der Waals surface area contributed by atoms with Gasteiger partial charge in [-0.3, -0.25) is 0 Å². The van der Waals surface area contributed by atoms with Gasteiger partial charge < -0.3 is 5.32 Å². The summed E-state index contributed by atoms with van der Waals surface area (Å²) in [6.45, 7) is 4.01. The number of sulfonamides is 1. The monoisotopic (exact) mass is 289 g/mol. The molecule has 0 amide bonds. The van der Waals surface area contributed by atoms with Crippen LogP contribution in [0.3, 0.4) is 0 Å². The second kappa shape index (κ2) is 5.64. The molecule has 1 N–H and O–H groups in total. The van der Waals surface area contributed by atoms with Crippen LogP contribution in [0.2, 0.25) is 0 Å². The molecular weight excluding hydrogens is 270 g/mol. The third-order valence-electron chi connectivity index (χ3n) is 3.13. The summed E-state index contributed by atoms with van der Waals surface area (Å²) in [7, 11) is -3.02. The van der Waals surface area contributed by atoms with E-state index in [-0.39, 0.29) is 0 Å². The average Bonchev–Trinajstić information content (AvgIpc) is 2.72. The highest BCUT2D eigenvalue weighted by atomic mass is 32.2. The number of hydrogen-bond donors (Lipinski definition) is 1. The summed E-state index contributed by atoms with van der Waals surface area (Å²) >= 11 is 1.66. The van der Waals surface area contributed by atoms with Crippen LogP contribution in [0.5, 0.6) is 0 Å². The van der Waals surface area contributed by atoms with Crippen LogP contribution in [-0.2, 0) is 16.6 Å². The summed E-state index contributed by atoms with van der Waals surface area (Å²) in [4.78, 5) is 4.40. The van der Waals surface area contributed by atoms with Gasteiger partial charge in [0, 0.05) is 36.8 Å². The van der Waals surface area contributed by atoms with Crippen LogP contribution >= 0.6 is 11.3 Å². The normalized spacial score (nSPS) is 19.2. The SMILES string of the molecule is Cc1csc(CNC2CCN(S(C)(=O)=O)CC2)n1. The third-order valence-corrected chi connectivity index (χ3v) is 5.40. The zero-order valence-electron chi connectivity index (χ0n) is 10.7. The minimum Gasteiger partial charge on any atom is -0.308 e. The molecule has 7 heteroatoms. The van der Waals surface area contributed by atoms with Crippen molar-refractivity contribution < 1.29 is 8.42 Å². The van der Waals surface area contributed by atoms with Crippen LogP contribution in [-0.4, -0.2) is 43.1 Å². The molecule has 0 aliphatic carbocycles. The van der Waals surface area contributed by atoms with E-state index in [4.69, 9.17) is 0 Å². The quantitative estimate of drug-likeness (QED) is 0.897. The molecule has 1 fully saturated rings. The van der Waals surface area contributed by atoms with Gasteiger partial charge in [-0.15, -0.1) is 11.3 Å². The van der Waals surface area contributed by atoms with Crippen LogP contribution in [0, 0.1) is 6.92 Å². The second-order valence-electron chi connectivity index (χ2n) is 4.70. The van der Waals surface area contributed by atoms with E-state index < -0.39 is 10.0 Å². The standard InChI is InChI=1S/C11H19N3O2S2/c1-9-8-17-11(13-9)7-12-10-3-5-14(6-4-10)18(2,15)16/h8,10,12H,3-7H2,1-2H3. The molecule has 18 heavy (non-hydrogen) atoms. The Morgan fingerprint density at radius 3 is 2.67 bits per heavy atom. The van der Waals surface area contributed by atoms with Crippen LogP contribution in [0.1, 0.15) is 23.5 Å². The molecule has 5 nitrogen and oxygen atoms in total. The maximum atomic E-state index is 11.4. The van der Waals surface area contributed by atoms with Crippen LogP contribution in [0.15, 0.2) is 5.38 Å². The van der Waals surface area contributed by atoms with Crippen LogP contribution < -0.4 is 5.32 Å². The molecule has 1 aromatic heterocycles. The molecule has 1 saturated heterocycles. The topological polar surface area (TPSA) is 62.3 Å². The Hall–Kier alpha value is -0.500. The minimum atomic E-state index is -3.02. The van der Waals surface area contributed by atoms with E-state index in [2.05, 4.69) is 10.3 Å². The number of nitrogens with zero attached hydrogens (tertiary/aromatic N) is 2. The molecule has 1 aromatic rings. The molecule has 0 unspecified atom stereocenters. The molecule has 0 spiro atoms. The molecule has 1 aliphatic heterocycles. The summed E-state index contributed by atoms with van der Waals surface area (Å²) in [5.41, 5.74) is 1.06. The summed E-state index contributed by atoms with van der Waals surface area (Å²) in [5, 5.41) is 6.59. The van der Waals surface area contributed by atoms with E-state index in [9.17, 15) is 8.42 Å². The number of aromatic nitrogens is 1. The molecule has 102 valence electrons. The predicted molar refractivity (Wildman–Crippen MR) is 73.1 cm³/mol. The van der Waals surface area contributed by atoms with E-state index >= 15 is 0 Å².